The van der Waals surface area contributed by atoms with E-state index in [9.17, 15) is 9.59 Å². The molecule has 142 valence electrons. The van der Waals surface area contributed by atoms with Crippen LogP contribution in [0.15, 0.2) is 58.1 Å². The number of methoxy groups -OCH3 is 1. The lowest BCUT2D eigenvalue weighted by Gasteiger charge is -2.09. The number of benzene rings is 2. The molecule has 0 aliphatic carbocycles. The number of amides is 2. The quantitative estimate of drug-likeness (QED) is 0.493. The van der Waals surface area contributed by atoms with Crippen molar-refractivity contribution >= 4 is 39.1 Å². The molecule has 27 heavy (non-hydrogen) atoms. The summed E-state index contributed by atoms with van der Waals surface area (Å²) in [6.07, 6.45) is 0.0506. The predicted octanol–water partition coefficient (Wildman–Crippen LogP) is 3.36. The van der Waals surface area contributed by atoms with Gasteiger partial charge in [0.1, 0.15) is 0 Å². The van der Waals surface area contributed by atoms with Crippen LogP contribution in [0.4, 0.5) is 5.69 Å². The Bertz CT molecular complexity index is 839. The lowest BCUT2D eigenvalue weighted by molar-refractivity contribution is -0.123. The molecule has 0 spiro atoms. The van der Waals surface area contributed by atoms with E-state index < -0.39 is 5.91 Å². The highest BCUT2D eigenvalue weighted by atomic mass is 79.9. The first-order valence-electron chi connectivity index (χ1n) is 8.11. The highest BCUT2D eigenvalue weighted by Crippen LogP contribution is 2.25. The summed E-state index contributed by atoms with van der Waals surface area (Å²) >= 11 is 3.36. The molecule has 0 atom stereocenters. The van der Waals surface area contributed by atoms with Gasteiger partial charge in [0.05, 0.1) is 19.2 Å². The first-order valence-corrected chi connectivity index (χ1v) is 8.91. The van der Waals surface area contributed by atoms with Crippen LogP contribution in [0.25, 0.3) is 0 Å². The number of rotatable bonds is 8. The number of anilines is 1. The van der Waals surface area contributed by atoms with Crippen LogP contribution in [0.5, 0.6) is 11.5 Å². The number of ether oxygens (including phenoxy) is 2. The van der Waals surface area contributed by atoms with Gasteiger partial charge < -0.3 is 14.8 Å². The zero-order chi connectivity index (χ0) is 19.6. The molecule has 8 heteroatoms. The predicted molar refractivity (Wildman–Crippen MR) is 107 cm³/mol. The average Bonchev–Trinajstić information content (AvgIpc) is 2.66. The van der Waals surface area contributed by atoms with Crippen LogP contribution in [0.1, 0.15) is 13.3 Å². The standard InChI is InChI=1S/C19H20BrN3O4/c1-13(11-18(24)21-15-8-4-3-7-14(15)20)22-23-19(25)12-27-17-10-6-5-9-16(17)26-2/h3-10H,11-12H2,1-2H3,(H,21,24)(H,23,25). The Morgan fingerprint density at radius 2 is 1.70 bits per heavy atom. The van der Waals surface area contributed by atoms with Gasteiger partial charge in [0.25, 0.3) is 5.91 Å². The fourth-order valence-corrected chi connectivity index (χ4v) is 2.48. The first kappa shape index (κ1) is 20.4. The van der Waals surface area contributed by atoms with Gasteiger partial charge in [-0.1, -0.05) is 24.3 Å². The number of carbonyl (C=O) groups is 2. The Morgan fingerprint density at radius 1 is 1.04 bits per heavy atom. The number of para-hydroxylation sites is 3. The average molecular weight is 434 g/mol. The normalized spacial score (nSPS) is 10.9. The molecule has 7 nitrogen and oxygen atoms in total. The Kier molecular flexibility index (Phi) is 7.81. The zero-order valence-electron chi connectivity index (χ0n) is 15.0. The number of hydrogen-bond acceptors (Lipinski definition) is 5. The Balaban J connectivity index is 1.79. The maximum atomic E-state index is 12.0. The summed E-state index contributed by atoms with van der Waals surface area (Å²) < 4.78 is 11.3. The lowest BCUT2D eigenvalue weighted by Crippen LogP contribution is -2.26. The summed E-state index contributed by atoms with van der Waals surface area (Å²) in [6.45, 7) is 1.43. The van der Waals surface area contributed by atoms with Crippen LogP contribution in [0.3, 0.4) is 0 Å². The molecular weight excluding hydrogens is 414 g/mol. The number of halogens is 1. The Labute approximate surface area is 165 Å². The summed E-state index contributed by atoms with van der Waals surface area (Å²) in [7, 11) is 1.52. The topological polar surface area (TPSA) is 89.0 Å². The summed E-state index contributed by atoms with van der Waals surface area (Å²) in [4.78, 5) is 23.9. The van der Waals surface area contributed by atoms with Gasteiger partial charge in [-0.05, 0) is 47.1 Å². The van der Waals surface area contributed by atoms with Crippen molar-refractivity contribution in [3.63, 3.8) is 0 Å². The maximum Gasteiger partial charge on any atom is 0.277 e. The molecule has 0 saturated carbocycles. The van der Waals surface area contributed by atoms with E-state index in [0.29, 0.717) is 22.9 Å². The van der Waals surface area contributed by atoms with E-state index in [4.69, 9.17) is 9.47 Å². The molecule has 2 aromatic carbocycles. The van der Waals surface area contributed by atoms with E-state index in [2.05, 4.69) is 31.8 Å². The van der Waals surface area contributed by atoms with Gasteiger partial charge in [-0.25, -0.2) is 5.43 Å². The second-order valence-electron chi connectivity index (χ2n) is 5.53. The molecule has 2 rings (SSSR count). The van der Waals surface area contributed by atoms with E-state index in [-0.39, 0.29) is 18.9 Å². The van der Waals surface area contributed by atoms with Crippen molar-refractivity contribution in [3.05, 3.63) is 53.0 Å². The van der Waals surface area contributed by atoms with Gasteiger partial charge in [-0.15, -0.1) is 0 Å². The maximum absolute atomic E-state index is 12.0. The van der Waals surface area contributed by atoms with Gasteiger partial charge in [0.15, 0.2) is 18.1 Å². The number of carbonyl (C=O) groups excluding carboxylic acids is 2. The van der Waals surface area contributed by atoms with Crippen molar-refractivity contribution in [1.82, 2.24) is 5.43 Å². The lowest BCUT2D eigenvalue weighted by atomic mass is 10.2. The molecule has 0 unspecified atom stereocenters. The SMILES string of the molecule is COc1ccccc1OCC(=O)NN=C(C)CC(=O)Nc1ccccc1Br. The monoisotopic (exact) mass is 433 g/mol. The zero-order valence-corrected chi connectivity index (χ0v) is 16.6. The summed E-state index contributed by atoms with van der Waals surface area (Å²) in [5.41, 5.74) is 3.50. The second-order valence-corrected chi connectivity index (χ2v) is 6.38. The van der Waals surface area contributed by atoms with Crippen LogP contribution < -0.4 is 20.2 Å². The van der Waals surface area contributed by atoms with Crippen LogP contribution in [-0.2, 0) is 9.59 Å². The molecule has 0 aliphatic heterocycles. The van der Waals surface area contributed by atoms with E-state index >= 15 is 0 Å². The minimum Gasteiger partial charge on any atom is -0.493 e. The Hall–Kier alpha value is -2.87. The van der Waals surface area contributed by atoms with Gasteiger partial charge in [0.2, 0.25) is 5.91 Å². The number of nitrogens with zero attached hydrogens (tertiary/aromatic N) is 1. The highest BCUT2D eigenvalue weighted by molar-refractivity contribution is 9.10. The van der Waals surface area contributed by atoms with Crippen LogP contribution in [-0.4, -0.2) is 31.2 Å². The molecule has 0 radical (unpaired) electrons. The molecule has 0 aromatic heterocycles. The van der Waals surface area contributed by atoms with Crippen molar-refractivity contribution in [3.8, 4) is 11.5 Å². The molecule has 0 heterocycles. The third kappa shape index (κ3) is 6.74. The number of hydrogen-bond donors (Lipinski definition) is 2. The molecule has 0 fully saturated rings. The first-order chi connectivity index (χ1) is 13.0. The van der Waals surface area contributed by atoms with Crippen molar-refractivity contribution in [2.45, 2.75) is 13.3 Å². The van der Waals surface area contributed by atoms with E-state index in [1.165, 1.54) is 7.11 Å². The molecule has 2 amide bonds. The highest BCUT2D eigenvalue weighted by Gasteiger charge is 2.09. The van der Waals surface area contributed by atoms with Crippen molar-refractivity contribution in [2.24, 2.45) is 5.10 Å². The van der Waals surface area contributed by atoms with Crippen molar-refractivity contribution in [2.75, 3.05) is 19.0 Å². The van der Waals surface area contributed by atoms with Crippen molar-refractivity contribution < 1.29 is 19.1 Å². The molecule has 0 saturated heterocycles. The van der Waals surface area contributed by atoms with Crippen molar-refractivity contribution in [1.29, 1.82) is 0 Å². The minimum atomic E-state index is -0.438. The third-order valence-corrected chi connectivity index (χ3v) is 4.06. The summed E-state index contributed by atoms with van der Waals surface area (Å²) in [6, 6.07) is 14.3. The summed E-state index contributed by atoms with van der Waals surface area (Å²) in [5.74, 6) is 0.325. The second kappa shape index (κ2) is 10.3. The van der Waals surface area contributed by atoms with Crippen LogP contribution in [0, 0.1) is 0 Å². The smallest absolute Gasteiger partial charge is 0.277 e. The minimum absolute atomic E-state index is 0.0506. The third-order valence-electron chi connectivity index (χ3n) is 3.36. The fraction of sp³-hybridized carbons (Fsp3) is 0.211. The van der Waals surface area contributed by atoms with E-state index in [1.54, 1.807) is 37.3 Å². The van der Waals surface area contributed by atoms with Gasteiger partial charge in [-0.3, -0.25) is 9.59 Å². The van der Waals surface area contributed by atoms with Crippen LogP contribution >= 0.6 is 15.9 Å². The fourth-order valence-electron chi connectivity index (χ4n) is 2.10. The summed E-state index contributed by atoms with van der Waals surface area (Å²) in [5, 5.41) is 6.69. The molecule has 0 aliphatic rings. The molecule has 0 bridgehead atoms. The van der Waals surface area contributed by atoms with Gasteiger partial charge >= 0.3 is 0 Å². The van der Waals surface area contributed by atoms with Crippen LogP contribution in [0.2, 0.25) is 0 Å². The van der Waals surface area contributed by atoms with Gasteiger partial charge in [-0.2, -0.15) is 5.10 Å². The molecule has 2 aromatic rings. The molecular formula is C19H20BrN3O4. The van der Waals surface area contributed by atoms with E-state index in [0.717, 1.165) is 4.47 Å². The van der Waals surface area contributed by atoms with E-state index in [1.807, 2.05) is 18.2 Å². The number of hydrazone groups is 1. The largest absolute Gasteiger partial charge is 0.493 e. The Morgan fingerprint density at radius 3 is 2.41 bits per heavy atom. The number of nitrogens with one attached hydrogen (secondary N) is 2. The molecule has 2 N–H and O–H groups in total. The van der Waals surface area contributed by atoms with Gasteiger partial charge in [0, 0.05) is 10.2 Å².